The fourth-order valence-electron chi connectivity index (χ4n) is 1.52. The normalized spacial score (nSPS) is 13.3. The van der Waals surface area contributed by atoms with E-state index in [1.54, 1.807) is 6.92 Å². The smallest absolute Gasteiger partial charge is 0.156 e. The van der Waals surface area contributed by atoms with Crippen LogP contribution in [0, 0.1) is 0 Å². The van der Waals surface area contributed by atoms with Gasteiger partial charge in [-0.3, -0.25) is 0 Å². The van der Waals surface area contributed by atoms with Crippen molar-refractivity contribution in [2.75, 3.05) is 5.75 Å². The molecule has 0 radical (unpaired) electrons. The van der Waals surface area contributed by atoms with E-state index in [0.29, 0.717) is 6.42 Å². The lowest BCUT2D eigenvalue weighted by molar-refractivity contribution is 0.580. The Morgan fingerprint density at radius 1 is 1.31 bits per heavy atom. The number of rotatable bonds is 6. The van der Waals surface area contributed by atoms with Crippen molar-refractivity contribution in [1.29, 1.82) is 0 Å². The molecule has 88 valence electrons. The summed E-state index contributed by atoms with van der Waals surface area (Å²) in [6.07, 6.45) is 2.92. The van der Waals surface area contributed by atoms with Crippen LogP contribution in [-0.2, 0) is 16.3 Å². The zero-order valence-corrected chi connectivity index (χ0v) is 10.4. The lowest BCUT2D eigenvalue weighted by Gasteiger charge is -2.11. The van der Waals surface area contributed by atoms with Crippen molar-refractivity contribution in [3.8, 4) is 0 Å². The predicted octanol–water partition coefficient (Wildman–Crippen LogP) is 2.61. The van der Waals surface area contributed by atoms with E-state index >= 15 is 0 Å². The second-order valence-corrected chi connectivity index (χ2v) is 6.42. The highest BCUT2D eigenvalue weighted by Crippen LogP contribution is 2.11. The van der Waals surface area contributed by atoms with Crippen LogP contribution in [0.1, 0.15) is 18.9 Å². The average molecular weight is 238 g/mol. The first-order valence-corrected chi connectivity index (χ1v) is 7.14. The monoisotopic (exact) mass is 238 g/mol. The van der Waals surface area contributed by atoms with Gasteiger partial charge in [-0.15, -0.1) is 6.58 Å². The molecule has 0 aliphatic rings. The predicted molar refractivity (Wildman–Crippen MR) is 68.2 cm³/mol. The maximum absolute atomic E-state index is 11.7. The Kier molecular flexibility index (Phi) is 4.74. The molecule has 1 unspecified atom stereocenters. The maximum Gasteiger partial charge on any atom is 0.156 e. The number of hydrogen-bond acceptors (Lipinski definition) is 2. The Labute approximate surface area is 97.9 Å². The summed E-state index contributed by atoms with van der Waals surface area (Å²) in [6, 6.07) is 9.94. The Morgan fingerprint density at radius 3 is 2.50 bits per heavy atom. The van der Waals surface area contributed by atoms with Crippen LogP contribution in [0.5, 0.6) is 0 Å². The van der Waals surface area contributed by atoms with Gasteiger partial charge in [0, 0.05) is 0 Å². The van der Waals surface area contributed by atoms with Crippen molar-refractivity contribution in [3.05, 3.63) is 48.6 Å². The van der Waals surface area contributed by atoms with Crippen LogP contribution in [0.25, 0.3) is 0 Å². The third-order valence-corrected chi connectivity index (χ3v) is 4.81. The van der Waals surface area contributed by atoms with Crippen molar-refractivity contribution in [1.82, 2.24) is 0 Å². The Morgan fingerprint density at radius 2 is 1.94 bits per heavy atom. The highest BCUT2D eigenvalue weighted by Gasteiger charge is 2.18. The van der Waals surface area contributed by atoms with E-state index in [2.05, 4.69) is 6.58 Å². The largest absolute Gasteiger partial charge is 0.228 e. The van der Waals surface area contributed by atoms with Gasteiger partial charge >= 0.3 is 0 Å². The van der Waals surface area contributed by atoms with Crippen molar-refractivity contribution in [3.63, 3.8) is 0 Å². The molecule has 0 spiro atoms. The van der Waals surface area contributed by atoms with E-state index < -0.39 is 9.84 Å². The first-order chi connectivity index (χ1) is 7.56. The van der Waals surface area contributed by atoms with Crippen molar-refractivity contribution in [2.24, 2.45) is 0 Å². The first kappa shape index (κ1) is 13.0. The number of aryl methyl sites for hydroxylation is 1. The van der Waals surface area contributed by atoms with Crippen LogP contribution in [0.4, 0.5) is 0 Å². The molecular formula is C13H18O2S. The molecule has 0 bridgehead atoms. The third-order valence-electron chi connectivity index (χ3n) is 2.65. The number of hydrogen-bond donors (Lipinski definition) is 0. The van der Waals surface area contributed by atoms with Gasteiger partial charge in [0.15, 0.2) is 9.84 Å². The molecule has 0 N–H and O–H groups in total. The molecule has 0 aliphatic carbocycles. The second kappa shape index (κ2) is 5.85. The quantitative estimate of drug-likeness (QED) is 0.714. The molecule has 1 aromatic rings. The van der Waals surface area contributed by atoms with Crippen LogP contribution < -0.4 is 0 Å². The first-order valence-electron chi connectivity index (χ1n) is 5.42. The minimum atomic E-state index is -3.00. The second-order valence-electron chi connectivity index (χ2n) is 3.95. The van der Waals surface area contributed by atoms with Gasteiger partial charge in [0.05, 0.1) is 11.0 Å². The van der Waals surface area contributed by atoms with Crippen molar-refractivity contribution >= 4 is 9.84 Å². The van der Waals surface area contributed by atoms with E-state index in [0.717, 1.165) is 6.42 Å². The molecule has 1 atom stereocenters. The molecule has 0 aliphatic heterocycles. The van der Waals surface area contributed by atoms with Crippen LogP contribution in [0.2, 0.25) is 0 Å². The van der Waals surface area contributed by atoms with Crippen LogP contribution >= 0.6 is 0 Å². The van der Waals surface area contributed by atoms with Crippen LogP contribution in [0.3, 0.4) is 0 Å². The summed E-state index contributed by atoms with van der Waals surface area (Å²) in [4.78, 5) is 0. The molecule has 3 heteroatoms. The lowest BCUT2D eigenvalue weighted by Crippen LogP contribution is -2.20. The summed E-state index contributed by atoms with van der Waals surface area (Å²) >= 11 is 0. The van der Waals surface area contributed by atoms with Crippen LogP contribution in [0.15, 0.2) is 43.0 Å². The van der Waals surface area contributed by atoms with Crippen molar-refractivity contribution < 1.29 is 8.42 Å². The molecule has 0 aromatic heterocycles. The van der Waals surface area contributed by atoms with E-state index in [9.17, 15) is 8.42 Å². The molecule has 0 heterocycles. The van der Waals surface area contributed by atoms with Gasteiger partial charge in [0.25, 0.3) is 0 Å². The van der Waals surface area contributed by atoms with Gasteiger partial charge in [-0.1, -0.05) is 36.4 Å². The van der Waals surface area contributed by atoms with Gasteiger partial charge in [-0.25, -0.2) is 8.42 Å². The Bertz CT molecular complexity index is 421. The van der Waals surface area contributed by atoms with E-state index in [1.807, 2.05) is 30.3 Å². The van der Waals surface area contributed by atoms with Gasteiger partial charge < -0.3 is 0 Å². The molecule has 0 fully saturated rings. The summed E-state index contributed by atoms with van der Waals surface area (Å²) in [5.74, 6) is 0.0724. The van der Waals surface area contributed by atoms with Gasteiger partial charge in [-0.2, -0.15) is 0 Å². The van der Waals surface area contributed by atoms with Crippen LogP contribution in [-0.4, -0.2) is 19.4 Å². The SMILES string of the molecule is C=CCS(=O)(=O)C(C)CCc1ccccc1. The molecule has 2 nitrogen and oxygen atoms in total. The van der Waals surface area contributed by atoms with Crippen molar-refractivity contribution in [2.45, 2.75) is 25.0 Å². The Balaban J connectivity index is 2.53. The van der Waals surface area contributed by atoms with E-state index in [1.165, 1.54) is 11.6 Å². The standard InChI is InChI=1S/C13H18O2S/c1-3-11-16(14,15)12(2)9-10-13-7-5-4-6-8-13/h3-8,12H,1,9-11H2,2H3. The number of benzene rings is 1. The molecule has 1 rings (SSSR count). The molecule has 16 heavy (non-hydrogen) atoms. The molecule has 0 saturated heterocycles. The fourth-order valence-corrected chi connectivity index (χ4v) is 2.66. The third kappa shape index (κ3) is 3.81. The summed E-state index contributed by atoms with van der Waals surface area (Å²) < 4.78 is 23.4. The highest BCUT2D eigenvalue weighted by atomic mass is 32.2. The summed E-state index contributed by atoms with van der Waals surface area (Å²) in [5.41, 5.74) is 1.18. The van der Waals surface area contributed by atoms with E-state index in [4.69, 9.17) is 0 Å². The topological polar surface area (TPSA) is 34.1 Å². The summed E-state index contributed by atoms with van der Waals surface area (Å²) in [5, 5.41) is -0.300. The summed E-state index contributed by atoms with van der Waals surface area (Å²) in [7, 11) is -3.00. The van der Waals surface area contributed by atoms with Gasteiger partial charge in [0.1, 0.15) is 0 Å². The molecular weight excluding hydrogens is 220 g/mol. The maximum atomic E-state index is 11.7. The Hall–Kier alpha value is -1.09. The number of sulfone groups is 1. The minimum absolute atomic E-state index is 0.0724. The fraction of sp³-hybridized carbons (Fsp3) is 0.385. The lowest BCUT2D eigenvalue weighted by atomic mass is 10.1. The van der Waals surface area contributed by atoms with E-state index in [-0.39, 0.29) is 11.0 Å². The minimum Gasteiger partial charge on any atom is -0.228 e. The zero-order valence-electron chi connectivity index (χ0n) is 9.59. The molecule has 0 saturated carbocycles. The molecule has 1 aromatic carbocycles. The van der Waals surface area contributed by atoms with Gasteiger partial charge in [0.2, 0.25) is 0 Å². The average Bonchev–Trinajstić information content (AvgIpc) is 2.27. The molecule has 0 amide bonds. The summed E-state index contributed by atoms with van der Waals surface area (Å²) in [6.45, 7) is 5.23. The van der Waals surface area contributed by atoms with Gasteiger partial charge in [-0.05, 0) is 25.3 Å². The zero-order chi connectivity index (χ0) is 12.0. The highest BCUT2D eigenvalue weighted by molar-refractivity contribution is 7.92.